The Bertz CT molecular complexity index is 726. The number of methoxy groups -OCH3 is 1. The van der Waals surface area contributed by atoms with Crippen molar-refractivity contribution in [3.8, 4) is 0 Å². The zero-order valence-corrected chi connectivity index (χ0v) is 14.9. The first-order chi connectivity index (χ1) is 11.7. The van der Waals surface area contributed by atoms with Gasteiger partial charge in [0.25, 0.3) is 0 Å². The van der Waals surface area contributed by atoms with Gasteiger partial charge in [-0.05, 0) is 31.9 Å². The molecule has 0 radical (unpaired) electrons. The summed E-state index contributed by atoms with van der Waals surface area (Å²) < 4.78 is 15.8. The Morgan fingerprint density at radius 3 is 2.56 bits per heavy atom. The van der Waals surface area contributed by atoms with Crippen LogP contribution in [0.25, 0.3) is 0 Å². The monoisotopic (exact) mass is 349 g/mol. The summed E-state index contributed by atoms with van der Waals surface area (Å²) in [6.45, 7) is 6.31. The summed E-state index contributed by atoms with van der Waals surface area (Å²) in [4.78, 5) is 30.6. The molecule has 1 atom stereocenters. The summed E-state index contributed by atoms with van der Waals surface area (Å²) in [5.41, 5.74) is 8.78. The first-order valence-corrected chi connectivity index (χ1v) is 8.15. The molecule has 0 aliphatic carbocycles. The number of esters is 1. The van der Waals surface area contributed by atoms with Crippen molar-refractivity contribution in [2.45, 2.75) is 58.6 Å². The Morgan fingerprint density at radius 1 is 1.24 bits per heavy atom. The van der Waals surface area contributed by atoms with Crippen molar-refractivity contribution in [2.75, 3.05) is 12.8 Å². The van der Waals surface area contributed by atoms with Gasteiger partial charge in [0.15, 0.2) is 0 Å². The number of pyridine rings is 1. The molecule has 2 aliphatic heterocycles. The van der Waals surface area contributed by atoms with Crippen molar-refractivity contribution in [2.24, 2.45) is 0 Å². The van der Waals surface area contributed by atoms with E-state index in [1.165, 1.54) is 12.0 Å². The largest absolute Gasteiger partial charge is 0.467 e. The number of hydrogen-bond acceptors (Lipinski definition) is 7. The summed E-state index contributed by atoms with van der Waals surface area (Å²) in [5.74, 6) is -0.0760. The highest BCUT2D eigenvalue weighted by Crippen LogP contribution is 2.34. The average molecular weight is 349 g/mol. The number of nitrogen functional groups attached to an aromatic ring is 1. The summed E-state index contributed by atoms with van der Waals surface area (Å²) in [6.07, 6.45) is -0.272. The second kappa shape index (κ2) is 6.18. The smallest absolute Gasteiger partial charge is 0.411 e. The van der Waals surface area contributed by atoms with Gasteiger partial charge in [-0.2, -0.15) is 0 Å². The minimum absolute atomic E-state index is 0.140. The normalized spacial score (nSPS) is 19.2. The molecule has 0 saturated carbocycles. The molecular formula is C17H23N3O5. The second-order valence-electron chi connectivity index (χ2n) is 7.22. The summed E-state index contributed by atoms with van der Waals surface area (Å²) in [7, 11) is 1.31. The van der Waals surface area contributed by atoms with Crippen LogP contribution in [0.4, 0.5) is 10.6 Å². The number of nitrogens with zero attached hydrogens (tertiary/aromatic N) is 2. The third-order valence-corrected chi connectivity index (χ3v) is 4.33. The van der Waals surface area contributed by atoms with Crippen LogP contribution >= 0.6 is 0 Å². The van der Waals surface area contributed by atoms with E-state index < -0.39 is 23.7 Å². The summed E-state index contributed by atoms with van der Waals surface area (Å²) >= 11 is 0. The van der Waals surface area contributed by atoms with E-state index in [-0.39, 0.29) is 6.54 Å². The van der Waals surface area contributed by atoms with Gasteiger partial charge in [-0.3, -0.25) is 4.90 Å². The van der Waals surface area contributed by atoms with Gasteiger partial charge < -0.3 is 19.9 Å². The molecule has 8 nitrogen and oxygen atoms in total. The molecule has 0 saturated heterocycles. The highest BCUT2D eigenvalue weighted by Gasteiger charge is 2.40. The first-order valence-electron chi connectivity index (χ1n) is 8.15. The quantitative estimate of drug-likeness (QED) is 0.767. The fourth-order valence-electron chi connectivity index (χ4n) is 3.19. The van der Waals surface area contributed by atoms with E-state index in [0.29, 0.717) is 31.1 Å². The van der Waals surface area contributed by atoms with Gasteiger partial charge in [0.05, 0.1) is 32.6 Å². The topological polar surface area (TPSA) is 104 Å². The highest BCUT2D eigenvalue weighted by atomic mass is 16.6. The number of carbonyl (C=O) groups excluding carboxylic acids is 2. The average Bonchev–Trinajstić information content (AvgIpc) is 3.02. The Kier molecular flexibility index (Phi) is 4.32. The van der Waals surface area contributed by atoms with E-state index in [1.54, 1.807) is 20.8 Å². The van der Waals surface area contributed by atoms with Crippen molar-refractivity contribution in [3.63, 3.8) is 0 Å². The fraction of sp³-hybridized carbons (Fsp3) is 0.588. The third kappa shape index (κ3) is 3.26. The Hall–Kier alpha value is -2.35. The van der Waals surface area contributed by atoms with Crippen LogP contribution in [-0.2, 0) is 45.2 Å². The molecular weight excluding hydrogens is 326 g/mol. The molecule has 136 valence electrons. The van der Waals surface area contributed by atoms with E-state index in [4.69, 9.17) is 19.9 Å². The standard InChI is InChI=1S/C17H23N3O5/c1-17(2,3)25-16(22)20-6-12-9(5-13(20)15(21)23-4)10-7-24-8-11(10)14(18)19-12/h13H,5-8H2,1-4H3,(H2,18,19). The van der Waals surface area contributed by atoms with Crippen molar-refractivity contribution in [3.05, 3.63) is 22.4 Å². The predicted octanol–water partition coefficient (Wildman–Crippen LogP) is 1.53. The van der Waals surface area contributed by atoms with Crippen molar-refractivity contribution in [1.82, 2.24) is 9.88 Å². The lowest BCUT2D eigenvalue weighted by Crippen LogP contribution is -2.51. The second-order valence-corrected chi connectivity index (χ2v) is 7.22. The zero-order chi connectivity index (χ0) is 18.4. The molecule has 0 aromatic carbocycles. The Morgan fingerprint density at radius 2 is 1.92 bits per heavy atom. The number of ether oxygens (including phenoxy) is 3. The van der Waals surface area contributed by atoms with Gasteiger partial charge in [-0.15, -0.1) is 0 Å². The lowest BCUT2D eigenvalue weighted by atomic mass is 9.92. The van der Waals surface area contributed by atoms with Crippen LogP contribution in [0.3, 0.4) is 0 Å². The van der Waals surface area contributed by atoms with Crippen LogP contribution in [-0.4, -0.2) is 40.7 Å². The lowest BCUT2D eigenvalue weighted by molar-refractivity contribution is -0.147. The third-order valence-electron chi connectivity index (χ3n) is 4.33. The number of carbonyl (C=O) groups is 2. The maximum atomic E-state index is 12.6. The number of rotatable bonds is 1. The SMILES string of the molecule is COC(=O)C1Cc2c(nc(N)c3c2COC3)CN1C(=O)OC(C)(C)C. The summed E-state index contributed by atoms with van der Waals surface area (Å²) in [5, 5.41) is 0. The van der Waals surface area contributed by atoms with Crippen molar-refractivity contribution in [1.29, 1.82) is 0 Å². The van der Waals surface area contributed by atoms with Gasteiger partial charge in [0.1, 0.15) is 17.5 Å². The van der Waals surface area contributed by atoms with E-state index in [2.05, 4.69) is 4.98 Å². The summed E-state index contributed by atoms with van der Waals surface area (Å²) in [6, 6.07) is -0.762. The maximum Gasteiger partial charge on any atom is 0.411 e. The van der Waals surface area contributed by atoms with Gasteiger partial charge in [-0.1, -0.05) is 0 Å². The van der Waals surface area contributed by atoms with E-state index in [9.17, 15) is 9.59 Å². The molecule has 1 unspecified atom stereocenters. The number of amides is 1. The molecule has 1 amide bonds. The van der Waals surface area contributed by atoms with Gasteiger partial charge in [0.2, 0.25) is 0 Å². The zero-order valence-electron chi connectivity index (χ0n) is 14.9. The van der Waals surface area contributed by atoms with Crippen LogP contribution in [0.1, 0.15) is 43.2 Å². The fourth-order valence-corrected chi connectivity index (χ4v) is 3.19. The highest BCUT2D eigenvalue weighted by molar-refractivity contribution is 5.82. The molecule has 1 aromatic rings. The van der Waals surface area contributed by atoms with Crippen LogP contribution in [0, 0.1) is 0 Å². The molecule has 0 fully saturated rings. The minimum Gasteiger partial charge on any atom is -0.467 e. The van der Waals surface area contributed by atoms with Gasteiger partial charge in [-0.25, -0.2) is 14.6 Å². The van der Waals surface area contributed by atoms with Crippen LogP contribution < -0.4 is 5.73 Å². The number of anilines is 1. The van der Waals surface area contributed by atoms with E-state index >= 15 is 0 Å². The van der Waals surface area contributed by atoms with Crippen LogP contribution in [0.2, 0.25) is 0 Å². The van der Waals surface area contributed by atoms with Crippen molar-refractivity contribution >= 4 is 17.9 Å². The molecule has 2 aliphatic rings. The van der Waals surface area contributed by atoms with E-state index in [1.807, 2.05) is 0 Å². The first kappa shape index (κ1) is 17.5. The molecule has 0 bridgehead atoms. The molecule has 1 aromatic heterocycles. The van der Waals surface area contributed by atoms with Crippen LogP contribution in [0.5, 0.6) is 0 Å². The minimum atomic E-state index is -0.762. The van der Waals surface area contributed by atoms with E-state index in [0.717, 1.165) is 16.7 Å². The molecule has 2 N–H and O–H groups in total. The van der Waals surface area contributed by atoms with Crippen molar-refractivity contribution < 1.29 is 23.8 Å². The number of nitrogens with two attached hydrogens (primary N) is 1. The maximum absolute atomic E-state index is 12.6. The predicted molar refractivity (Wildman–Crippen MR) is 88.4 cm³/mol. The van der Waals surface area contributed by atoms with Gasteiger partial charge >= 0.3 is 12.1 Å². The molecule has 3 heterocycles. The molecule has 0 spiro atoms. The number of fused-ring (bicyclic) bond motifs is 3. The Balaban J connectivity index is 1.99. The Labute approximate surface area is 146 Å². The molecule has 8 heteroatoms. The lowest BCUT2D eigenvalue weighted by Gasteiger charge is -2.36. The van der Waals surface area contributed by atoms with Crippen LogP contribution in [0.15, 0.2) is 0 Å². The molecule has 25 heavy (non-hydrogen) atoms. The number of hydrogen-bond donors (Lipinski definition) is 1. The molecule has 3 rings (SSSR count). The number of aromatic nitrogens is 1. The van der Waals surface area contributed by atoms with Gasteiger partial charge in [0, 0.05) is 12.0 Å².